The number of allylic oxidation sites excluding steroid dienone is 1. The fraction of sp³-hybridized carbons (Fsp3) is 0.172. The Bertz CT molecular complexity index is 1750. The molecule has 0 amide bonds. The molecular formula is C29H22N2O4S. The van der Waals surface area contributed by atoms with E-state index >= 15 is 0 Å². The van der Waals surface area contributed by atoms with Gasteiger partial charge in [0, 0.05) is 5.56 Å². The summed E-state index contributed by atoms with van der Waals surface area (Å²) in [7, 11) is 1.66. The molecule has 2 aliphatic heterocycles. The van der Waals surface area contributed by atoms with E-state index in [0.717, 1.165) is 46.7 Å². The van der Waals surface area contributed by atoms with E-state index in [2.05, 4.69) is 30.3 Å². The zero-order chi connectivity index (χ0) is 24.2. The van der Waals surface area contributed by atoms with Crippen LogP contribution in [0.5, 0.6) is 17.2 Å². The quantitative estimate of drug-likeness (QED) is 0.431. The highest BCUT2D eigenvalue weighted by Crippen LogP contribution is 2.41. The highest BCUT2D eigenvalue weighted by atomic mass is 32.1. The van der Waals surface area contributed by atoms with E-state index in [4.69, 9.17) is 19.2 Å². The predicted octanol–water partition coefficient (Wildman–Crippen LogP) is 4.06. The Balaban J connectivity index is 1.46. The van der Waals surface area contributed by atoms with E-state index in [0.29, 0.717) is 15.1 Å². The Hall–Kier alpha value is -4.10. The van der Waals surface area contributed by atoms with Crippen molar-refractivity contribution in [1.29, 1.82) is 0 Å². The van der Waals surface area contributed by atoms with Gasteiger partial charge in [-0.05, 0) is 65.4 Å². The molecule has 0 spiro atoms. The number of nitrogens with zero attached hydrogens (tertiary/aromatic N) is 2. The highest BCUT2D eigenvalue weighted by Gasteiger charge is 2.32. The monoisotopic (exact) mass is 494 g/mol. The molecule has 178 valence electrons. The number of fused-ring (bicyclic) bond motifs is 4. The maximum Gasteiger partial charge on any atom is 0.271 e. The molecule has 6 nitrogen and oxygen atoms in total. The molecule has 7 heteroatoms. The van der Waals surface area contributed by atoms with Crippen LogP contribution in [0.4, 0.5) is 0 Å². The Kier molecular flexibility index (Phi) is 4.85. The van der Waals surface area contributed by atoms with E-state index < -0.39 is 0 Å². The maximum atomic E-state index is 13.9. The Morgan fingerprint density at radius 3 is 2.83 bits per heavy atom. The molecule has 1 atom stereocenters. The molecule has 0 saturated carbocycles. The molecule has 0 bridgehead atoms. The van der Waals surface area contributed by atoms with Crippen molar-refractivity contribution < 1.29 is 14.2 Å². The van der Waals surface area contributed by atoms with Crippen molar-refractivity contribution in [3.05, 3.63) is 114 Å². The van der Waals surface area contributed by atoms with Crippen molar-refractivity contribution in [1.82, 2.24) is 4.57 Å². The maximum absolute atomic E-state index is 13.9. The summed E-state index contributed by atoms with van der Waals surface area (Å²) in [4.78, 5) is 19.7. The van der Waals surface area contributed by atoms with Gasteiger partial charge in [0.1, 0.15) is 5.75 Å². The van der Waals surface area contributed by atoms with Crippen LogP contribution in [0, 0.1) is 0 Å². The third-order valence-corrected chi connectivity index (χ3v) is 7.96. The Labute approximate surface area is 211 Å². The molecule has 3 heterocycles. The van der Waals surface area contributed by atoms with E-state index in [1.54, 1.807) is 7.11 Å². The summed E-state index contributed by atoms with van der Waals surface area (Å²) >= 11 is 1.42. The van der Waals surface area contributed by atoms with Gasteiger partial charge in [0.05, 0.1) is 23.4 Å². The number of ether oxygens (including phenoxy) is 3. The van der Waals surface area contributed by atoms with Gasteiger partial charge >= 0.3 is 0 Å². The highest BCUT2D eigenvalue weighted by molar-refractivity contribution is 7.07. The van der Waals surface area contributed by atoms with Crippen molar-refractivity contribution in [3.8, 4) is 17.2 Å². The molecule has 4 aromatic rings. The van der Waals surface area contributed by atoms with Gasteiger partial charge in [0.25, 0.3) is 5.56 Å². The number of thiazole rings is 1. The van der Waals surface area contributed by atoms with Gasteiger partial charge in [-0.2, -0.15) is 0 Å². The second kappa shape index (κ2) is 8.24. The summed E-state index contributed by atoms with van der Waals surface area (Å²) in [6.45, 7) is 0.217. The first-order valence-electron chi connectivity index (χ1n) is 11.9. The van der Waals surface area contributed by atoms with E-state index in [-0.39, 0.29) is 18.4 Å². The van der Waals surface area contributed by atoms with Crippen LogP contribution >= 0.6 is 11.3 Å². The molecule has 1 aliphatic carbocycles. The molecule has 36 heavy (non-hydrogen) atoms. The normalized spacial score (nSPS) is 17.8. The molecule has 0 N–H and O–H groups in total. The number of hydrogen-bond donors (Lipinski definition) is 0. The molecule has 0 unspecified atom stereocenters. The van der Waals surface area contributed by atoms with Crippen LogP contribution in [0.1, 0.15) is 34.7 Å². The minimum absolute atomic E-state index is 0.0466. The van der Waals surface area contributed by atoms with Crippen molar-refractivity contribution in [3.63, 3.8) is 0 Å². The van der Waals surface area contributed by atoms with Crippen molar-refractivity contribution in [2.24, 2.45) is 4.99 Å². The Morgan fingerprint density at radius 2 is 1.92 bits per heavy atom. The van der Waals surface area contributed by atoms with Crippen LogP contribution in [-0.2, 0) is 6.42 Å². The smallest absolute Gasteiger partial charge is 0.271 e. The van der Waals surface area contributed by atoms with E-state index in [1.807, 2.05) is 47.0 Å². The minimum atomic E-state index is -0.237. The first kappa shape index (κ1) is 21.2. The minimum Gasteiger partial charge on any atom is -0.497 e. The van der Waals surface area contributed by atoms with E-state index in [9.17, 15) is 4.79 Å². The lowest BCUT2D eigenvalue weighted by Gasteiger charge is -2.31. The summed E-state index contributed by atoms with van der Waals surface area (Å²) in [6, 6.07) is 21.9. The molecule has 7 rings (SSSR count). The van der Waals surface area contributed by atoms with Gasteiger partial charge < -0.3 is 14.2 Å². The molecule has 0 radical (unpaired) electrons. The van der Waals surface area contributed by atoms with E-state index in [1.165, 1.54) is 22.5 Å². The van der Waals surface area contributed by atoms with Crippen LogP contribution in [0.25, 0.3) is 11.8 Å². The largest absolute Gasteiger partial charge is 0.497 e. The number of aryl methyl sites for hydroxylation is 1. The zero-order valence-corrected chi connectivity index (χ0v) is 20.4. The van der Waals surface area contributed by atoms with Crippen molar-refractivity contribution in [2.75, 3.05) is 13.9 Å². The number of benzene rings is 3. The number of methoxy groups -OCH3 is 1. The Morgan fingerprint density at radius 1 is 1.03 bits per heavy atom. The fourth-order valence-electron chi connectivity index (χ4n) is 5.29. The average molecular weight is 495 g/mol. The number of aromatic nitrogens is 1. The first-order valence-corrected chi connectivity index (χ1v) is 12.7. The first-order chi connectivity index (χ1) is 17.7. The number of rotatable bonds is 3. The summed E-state index contributed by atoms with van der Waals surface area (Å²) in [5.74, 6) is 2.18. The molecule has 0 saturated heterocycles. The van der Waals surface area contributed by atoms with Gasteiger partial charge in [-0.15, -0.1) is 0 Å². The number of hydrogen-bond acceptors (Lipinski definition) is 6. The lowest BCUT2D eigenvalue weighted by Crippen LogP contribution is -2.38. The molecule has 0 fully saturated rings. The van der Waals surface area contributed by atoms with Crippen molar-refractivity contribution >= 4 is 23.1 Å². The summed E-state index contributed by atoms with van der Waals surface area (Å²) in [5.41, 5.74) is 6.46. The summed E-state index contributed by atoms with van der Waals surface area (Å²) in [6.07, 6.45) is 3.68. The zero-order valence-electron chi connectivity index (χ0n) is 19.6. The second-order valence-corrected chi connectivity index (χ2v) is 10.0. The third kappa shape index (κ3) is 3.31. The van der Waals surface area contributed by atoms with Crippen LogP contribution < -0.4 is 29.1 Å². The average Bonchev–Trinajstić information content (AvgIpc) is 3.51. The second-order valence-electron chi connectivity index (χ2n) is 9.00. The lowest BCUT2D eigenvalue weighted by molar-refractivity contribution is 0.174. The summed E-state index contributed by atoms with van der Waals surface area (Å²) in [5, 5.41) is 0. The molecular weight excluding hydrogens is 472 g/mol. The fourth-order valence-corrected chi connectivity index (χ4v) is 6.29. The van der Waals surface area contributed by atoms with Crippen LogP contribution in [0.2, 0.25) is 0 Å². The SMILES string of the molecule is COc1cccc([C@H]2C3=C(N=c4s/c(=C/c5ccc6c(c5)OCO6)c(=O)n42)c2ccccc2CC3)c1. The van der Waals surface area contributed by atoms with Gasteiger partial charge in [-0.1, -0.05) is 53.8 Å². The summed E-state index contributed by atoms with van der Waals surface area (Å²) < 4.78 is 19.0. The third-order valence-electron chi connectivity index (χ3n) is 6.98. The van der Waals surface area contributed by atoms with Crippen molar-refractivity contribution in [2.45, 2.75) is 18.9 Å². The predicted molar refractivity (Wildman–Crippen MR) is 138 cm³/mol. The van der Waals surface area contributed by atoms with Gasteiger partial charge in [0.2, 0.25) is 6.79 Å². The van der Waals surface area contributed by atoms with Crippen LogP contribution in [0.15, 0.2) is 82.1 Å². The molecule has 1 aromatic heterocycles. The lowest BCUT2D eigenvalue weighted by atomic mass is 9.83. The van der Waals surface area contributed by atoms with Crippen LogP contribution in [-0.4, -0.2) is 18.5 Å². The van der Waals surface area contributed by atoms with Gasteiger partial charge in [0.15, 0.2) is 16.3 Å². The molecule has 3 aliphatic rings. The van der Waals surface area contributed by atoms with Gasteiger partial charge in [-0.25, -0.2) is 4.99 Å². The van der Waals surface area contributed by atoms with Gasteiger partial charge in [-0.3, -0.25) is 9.36 Å². The topological polar surface area (TPSA) is 62.0 Å². The molecule has 3 aromatic carbocycles. The van der Waals surface area contributed by atoms with Crippen LogP contribution in [0.3, 0.4) is 0 Å². The standard InChI is InChI=1S/C29H22N2O4S/c1-33-20-7-4-6-19(15-20)27-22-11-10-18-5-2-3-8-21(18)26(22)30-29-31(27)28(32)25(36-29)14-17-9-12-23-24(13-17)35-16-34-23/h2-9,12-15,27H,10-11,16H2,1H3/b25-14+/t27-/m0/s1.